The molecule has 0 aromatic carbocycles. The van der Waals surface area contributed by atoms with Gasteiger partial charge in [0.1, 0.15) is 0 Å². The maximum Gasteiger partial charge on any atom is 0.261 e. The first-order chi connectivity index (χ1) is 6.67. The summed E-state index contributed by atoms with van der Waals surface area (Å²) in [5.74, 6) is 0.00375. The van der Waals surface area contributed by atoms with E-state index in [1.165, 1.54) is 11.3 Å². The predicted molar refractivity (Wildman–Crippen MR) is 59.4 cm³/mol. The molecular weight excluding hydrogens is 196 g/mol. The summed E-state index contributed by atoms with van der Waals surface area (Å²) in [6, 6.07) is 3.95. The lowest BCUT2D eigenvalue weighted by atomic mass is 10.2. The van der Waals surface area contributed by atoms with Crippen LogP contribution in [-0.2, 0) is 6.54 Å². The Morgan fingerprint density at radius 2 is 2.36 bits per heavy atom. The number of nitrogens with one attached hydrogen (secondary N) is 1. The van der Waals surface area contributed by atoms with Crippen LogP contribution in [0, 0.1) is 0 Å². The van der Waals surface area contributed by atoms with Gasteiger partial charge in [0.15, 0.2) is 0 Å². The van der Waals surface area contributed by atoms with Gasteiger partial charge in [-0.05, 0) is 25.5 Å². The van der Waals surface area contributed by atoms with Crippen molar-refractivity contribution in [3.05, 3.63) is 21.9 Å². The third-order valence-corrected chi connectivity index (χ3v) is 3.18. The average molecular weight is 212 g/mol. The predicted octanol–water partition coefficient (Wildman–Crippen LogP) is 1.74. The van der Waals surface area contributed by atoms with Crippen molar-refractivity contribution in [3.63, 3.8) is 0 Å². The summed E-state index contributed by atoms with van der Waals surface area (Å²) in [4.78, 5) is 13.4. The Hall–Kier alpha value is -0.870. The molecule has 0 aliphatic carbocycles. The summed E-state index contributed by atoms with van der Waals surface area (Å²) >= 11 is 1.46. The van der Waals surface area contributed by atoms with Gasteiger partial charge in [-0.3, -0.25) is 4.79 Å². The molecular formula is C10H16N2OS. The highest BCUT2D eigenvalue weighted by molar-refractivity contribution is 7.14. The Bertz CT molecular complexity index is 309. The molecule has 3 nitrogen and oxygen atoms in total. The van der Waals surface area contributed by atoms with E-state index >= 15 is 0 Å². The minimum absolute atomic E-state index is 0.00375. The Labute approximate surface area is 88.3 Å². The zero-order valence-electron chi connectivity index (χ0n) is 8.54. The first-order valence-electron chi connectivity index (χ1n) is 4.77. The van der Waals surface area contributed by atoms with Crippen molar-refractivity contribution in [3.8, 4) is 0 Å². The molecule has 3 N–H and O–H groups in total. The summed E-state index contributed by atoms with van der Waals surface area (Å²) in [6.07, 6.45) is 0.945. The molecule has 1 atom stereocenters. The van der Waals surface area contributed by atoms with Crippen molar-refractivity contribution in [2.75, 3.05) is 0 Å². The molecule has 0 bridgehead atoms. The van der Waals surface area contributed by atoms with Crippen LogP contribution in [0.15, 0.2) is 12.1 Å². The quantitative estimate of drug-likeness (QED) is 0.798. The van der Waals surface area contributed by atoms with Gasteiger partial charge in [0.2, 0.25) is 0 Å². The number of hydrogen-bond acceptors (Lipinski definition) is 3. The molecule has 14 heavy (non-hydrogen) atoms. The second-order valence-corrected chi connectivity index (χ2v) is 4.42. The van der Waals surface area contributed by atoms with Gasteiger partial charge in [0.25, 0.3) is 5.91 Å². The standard InChI is InChI=1S/C10H16N2OS/c1-3-7(2)12-10(13)9-5-4-8(6-11)14-9/h4-5,7H,3,6,11H2,1-2H3,(H,12,13). The first-order valence-corrected chi connectivity index (χ1v) is 5.58. The molecule has 78 valence electrons. The third kappa shape index (κ3) is 2.82. The molecule has 1 unspecified atom stereocenters. The molecule has 4 heteroatoms. The molecule has 0 radical (unpaired) electrons. The van der Waals surface area contributed by atoms with Crippen LogP contribution >= 0.6 is 11.3 Å². The van der Waals surface area contributed by atoms with Crippen LogP contribution in [0.1, 0.15) is 34.8 Å². The van der Waals surface area contributed by atoms with Gasteiger partial charge < -0.3 is 11.1 Å². The molecule has 1 aromatic heterocycles. The van der Waals surface area contributed by atoms with Gasteiger partial charge in [0.05, 0.1) is 4.88 Å². The van der Waals surface area contributed by atoms with Crippen LogP contribution < -0.4 is 11.1 Å². The number of hydrogen-bond donors (Lipinski definition) is 2. The van der Waals surface area contributed by atoms with Gasteiger partial charge >= 0.3 is 0 Å². The molecule has 1 heterocycles. The van der Waals surface area contributed by atoms with E-state index in [4.69, 9.17) is 5.73 Å². The van der Waals surface area contributed by atoms with Crippen LogP contribution in [0.5, 0.6) is 0 Å². The summed E-state index contributed by atoms with van der Waals surface area (Å²) in [7, 11) is 0. The van der Waals surface area contributed by atoms with Gasteiger partial charge in [-0.15, -0.1) is 11.3 Å². The van der Waals surface area contributed by atoms with Crippen LogP contribution in [0.3, 0.4) is 0 Å². The Morgan fingerprint density at radius 1 is 1.64 bits per heavy atom. The van der Waals surface area contributed by atoms with E-state index in [1.807, 2.05) is 26.0 Å². The summed E-state index contributed by atoms with van der Waals surface area (Å²) in [6.45, 7) is 4.54. The van der Waals surface area contributed by atoms with Crippen LogP contribution in [0.4, 0.5) is 0 Å². The van der Waals surface area contributed by atoms with E-state index in [9.17, 15) is 4.79 Å². The van der Waals surface area contributed by atoms with Crippen molar-refractivity contribution < 1.29 is 4.79 Å². The Balaban J connectivity index is 2.60. The third-order valence-electron chi connectivity index (χ3n) is 2.08. The summed E-state index contributed by atoms with van der Waals surface area (Å²) in [5, 5.41) is 2.91. The molecule has 1 aromatic rings. The number of carbonyl (C=O) groups is 1. The highest BCUT2D eigenvalue weighted by atomic mass is 32.1. The van der Waals surface area contributed by atoms with Crippen molar-refractivity contribution in [1.29, 1.82) is 0 Å². The maximum atomic E-state index is 11.6. The van der Waals surface area contributed by atoms with Crippen LogP contribution in [0.25, 0.3) is 0 Å². The van der Waals surface area contributed by atoms with Crippen molar-refractivity contribution in [1.82, 2.24) is 5.32 Å². The van der Waals surface area contributed by atoms with Gasteiger partial charge in [-0.25, -0.2) is 0 Å². The summed E-state index contributed by atoms with van der Waals surface area (Å²) < 4.78 is 0. The van der Waals surface area contributed by atoms with Crippen LogP contribution in [0.2, 0.25) is 0 Å². The van der Waals surface area contributed by atoms with Crippen molar-refractivity contribution >= 4 is 17.2 Å². The van der Waals surface area contributed by atoms with Crippen LogP contribution in [-0.4, -0.2) is 11.9 Å². The first kappa shape index (κ1) is 11.2. The molecule has 0 saturated carbocycles. The molecule has 0 aliphatic heterocycles. The number of nitrogens with two attached hydrogens (primary N) is 1. The fourth-order valence-corrected chi connectivity index (χ4v) is 1.80. The highest BCUT2D eigenvalue weighted by Crippen LogP contribution is 2.15. The van der Waals surface area contributed by atoms with Crippen molar-refractivity contribution in [2.24, 2.45) is 5.73 Å². The lowest BCUT2D eigenvalue weighted by Gasteiger charge is -2.09. The molecule has 0 aliphatic rings. The average Bonchev–Trinajstić information content (AvgIpc) is 2.65. The second kappa shape index (κ2) is 5.12. The van der Waals surface area contributed by atoms with Crippen molar-refractivity contribution in [2.45, 2.75) is 32.9 Å². The maximum absolute atomic E-state index is 11.6. The highest BCUT2D eigenvalue weighted by Gasteiger charge is 2.10. The summed E-state index contributed by atoms with van der Waals surface area (Å²) in [5.41, 5.74) is 5.47. The number of rotatable bonds is 4. The normalized spacial score (nSPS) is 12.5. The van der Waals surface area contributed by atoms with Gasteiger partial charge in [-0.1, -0.05) is 6.92 Å². The minimum atomic E-state index is 0.00375. The number of amides is 1. The van der Waals surface area contributed by atoms with Gasteiger partial charge in [0, 0.05) is 17.5 Å². The number of thiophene rings is 1. The van der Waals surface area contributed by atoms with E-state index < -0.39 is 0 Å². The topological polar surface area (TPSA) is 55.1 Å². The lowest BCUT2D eigenvalue weighted by Crippen LogP contribution is -2.31. The fourth-order valence-electron chi connectivity index (χ4n) is 1.01. The lowest BCUT2D eigenvalue weighted by molar-refractivity contribution is 0.0943. The Kier molecular flexibility index (Phi) is 4.10. The number of carbonyl (C=O) groups excluding carboxylic acids is 1. The van der Waals surface area contributed by atoms with Gasteiger partial charge in [-0.2, -0.15) is 0 Å². The smallest absolute Gasteiger partial charge is 0.261 e. The monoisotopic (exact) mass is 212 g/mol. The fraction of sp³-hybridized carbons (Fsp3) is 0.500. The molecule has 0 saturated heterocycles. The molecule has 1 rings (SSSR count). The largest absolute Gasteiger partial charge is 0.349 e. The second-order valence-electron chi connectivity index (χ2n) is 3.25. The zero-order chi connectivity index (χ0) is 10.6. The minimum Gasteiger partial charge on any atom is -0.349 e. The SMILES string of the molecule is CCC(C)NC(=O)c1ccc(CN)s1. The molecule has 1 amide bonds. The van der Waals surface area contributed by atoms with E-state index in [0.29, 0.717) is 6.54 Å². The van der Waals surface area contributed by atoms with E-state index in [-0.39, 0.29) is 11.9 Å². The zero-order valence-corrected chi connectivity index (χ0v) is 9.36. The van der Waals surface area contributed by atoms with E-state index in [0.717, 1.165) is 16.2 Å². The van der Waals surface area contributed by atoms with E-state index in [2.05, 4.69) is 5.32 Å². The molecule has 0 fully saturated rings. The molecule has 0 spiro atoms. The Morgan fingerprint density at radius 3 is 2.86 bits per heavy atom. The van der Waals surface area contributed by atoms with E-state index in [1.54, 1.807) is 0 Å².